The molecule has 8 heteroatoms. The summed E-state index contributed by atoms with van der Waals surface area (Å²) in [5.74, 6) is -2.46. The Kier molecular flexibility index (Phi) is 7.07. The number of methoxy groups -OCH3 is 1. The summed E-state index contributed by atoms with van der Waals surface area (Å²) in [6.07, 6.45) is 4.74. The molecule has 1 saturated carbocycles. The summed E-state index contributed by atoms with van der Waals surface area (Å²) in [4.78, 5) is 39.5. The van der Waals surface area contributed by atoms with Crippen LogP contribution in [0.15, 0.2) is 9.32 Å². The maximum Gasteiger partial charge on any atom is 0.441 e. The van der Waals surface area contributed by atoms with Crippen molar-refractivity contribution < 1.29 is 18.8 Å². The normalized spacial score (nSPS) is 17.0. The van der Waals surface area contributed by atoms with Crippen LogP contribution in [0.4, 0.5) is 0 Å². The zero-order valence-electron chi connectivity index (χ0n) is 15.2. The van der Waals surface area contributed by atoms with E-state index in [-0.39, 0.29) is 30.7 Å². The summed E-state index contributed by atoms with van der Waals surface area (Å²) in [7, 11) is 5.18. The fourth-order valence-electron chi connectivity index (χ4n) is 3.22. The van der Waals surface area contributed by atoms with Crippen LogP contribution in [-0.2, 0) is 16.1 Å². The Balaban J connectivity index is 2.22. The molecule has 1 aliphatic carbocycles. The van der Waals surface area contributed by atoms with Crippen LogP contribution in [0.25, 0.3) is 0 Å². The molecule has 2 rings (SSSR count). The second kappa shape index (κ2) is 9.05. The van der Waals surface area contributed by atoms with Crippen LogP contribution in [0.2, 0.25) is 0 Å². The number of carbonyl (C=O) groups is 2. The predicted octanol–water partition coefficient (Wildman–Crippen LogP) is 0.993. The van der Waals surface area contributed by atoms with Crippen molar-refractivity contribution in [1.82, 2.24) is 14.6 Å². The Morgan fingerprint density at radius 2 is 2.00 bits per heavy atom. The molecule has 1 fully saturated rings. The summed E-state index contributed by atoms with van der Waals surface area (Å²) in [6, 6.07) is 0. The van der Waals surface area contributed by atoms with Gasteiger partial charge in [-0.25, -0.2) is 4.79 Å². The molecule has 1 aliphatic rings. The van der Waals surface area contributed by atoms with Crippen molar-refractivity contribution in [1.29, 1.82) is 0 Å². The molecular formula is C17H27N3O5. The predicted molar refractivity (Wildman–Crippen MR) is 90.6 cm³/mol. The Morgan fingerprint density at radius 1 is 1.32 bits per heavy atom. The van der Waals surface area contributed by atoms with Gasteiger partial charge in [0.05, 0.1) is 6.61 Å². The van der Waals surface area contributed by atoms with E-state index >= 15 is 0 Å². The molecule has 0 unspecified atom stereocenters. The molecule has 0 aliphatic heterocycles. The summed E-state index contributed by atoms with van der Waals surface area (Å²) in [5.41, 5.74) is 0. The van der Waals surface area contributed by atoms with E-state index in [9.17, 15) is 14.4 Å². The van der Waals surface area contributed by atoms with Crippen LogP contribution in [0, 0.1) is 11.8 Å². The molecule has 1 heterocycles. The van der Waals surface area contributed by atoms with Crippen LogP contribution in [0.5, 0.6) is 0 Å². The molecule has 140 valence electrons. The van der Waals surface area contributed by atoms with Gasteiger partial charge in [0.15, 0.2) is 0 Å². The SMILES string of the molecule is COC[C@@H](C(=O)c1noc(=O)n1CCN(C)C)C(=O)C1CCCCC1. The summed E-state index contributed by atoms with van der Waals surface area (Å²) in [5, 5.41) is 3.62. The molecule has 0 amide bonds. The zero-order chi connectivity index (χ0) is 18.4. The highest BCUT2D eigenvalue weighted by Gasteiger charge is 2.36. The van der Waals surface area contributed by atoms with Gasteiger partial charge in [0.2, 0.25) is 11.6 Å². The van der Waals surface area contributed by atoms with Gasteiger partial charge in [-0.1, -0.05) is 24.4 Å². The van der Waals surface area contributed by atoms with E-state index in [1.807, 2.05) is 19.0 Å². The minimum Gasteiger partial charge on any atom is -0.383 e. The summed E-state index contributed by atoms with van der Waals surface area (Å²) < 4.78 is 11.0. The lowest BCUT2D eigenvalue weighted by molar-refractivity contribution is -0.127. The second-order valence-electron chi connectivity index (χ2n) is 6.84. The lowest BCUT2D eigenvalue weighted by Gasteiger charge is -2.24. The van der Waals surface area contributed by atoms with Gasteiger partial charge < -0.3 is 9.64 Å². The molecule has 0 N–H and O–H groups in total. The van der Waals surface area contributed by atoms with E-state index in [4.69, 9.17) is 4.74 Å². The van der Waals surface area contributed by atoms with E-state index in [1.54, 1.807) is 0 Å². The number of ketones is 2. The Hall–Kier alpha value is -1.80. The number of carbonyl (C=O) groups excluding carboxylic acids is 2. The first-order valence-corrected chi connectivity index (χ1v) is 8.73. The summed E-state index contributed by atoms with van der Waals surface area (Å²) in [6.45, 7) is 0.809. The minimum atomic E-state index is -0.941. The molecule has 0 spiro atoms. The first kappa shape index (κ1) is 19.5. The topological polar surface area (TPSA) is 94.6 Å². The first-order chi connectivity index (χ1) is 12.0. The van der Waals surface area contributed by atoms with E-state index < -0.39 is 17.5 Å². The highest BCUT2D eigenvalue weighted by Crippen LogP contribution is 2.27. The monoisotopic (exact) mass is 353 g/mol. The van der Waals surface area contributed by atoms with Crippen molar-refractivity contribution in [2.75, 3.05) is 34.4 Å². The van der Waals surface area contributed by atoms with Gasteiger partial charge in [-0.3, -0.25) is 18.7 Å². The van der Waals surface area contributed by atoms with Crippen LogP contribution in [0.1, 0.15) is 42.7 Å². The van der Waals surface area contributed by atoms with E-state index in [0.29, 0.717) is 6.54 Å². The van der Waals surface area contributed by atoms with E-state index in [1.165, 1.54) is 11.7 Å². The first-order valence-electron chi connectivity index (χ1n) is 8.73. The lowest BCUT2D eigenvalue weighted by Crippen LogP contribution is -2.36. The Bertz CT molecular complexity index is 643. The third-order valence-corrected chi connectivity index (χ3v) is 4.68. The van der Waals surface area contributed by atoms with Gasteiger partial charge in [0.25, 0.3) is 0 Å². The Morgan fingerprint density at radius 3 is 2.60 bits per heavy atom. The van der Waals surface area contributed by atoms with Crippen LogP contribution in [-0.4, -0.2) is 60.5 Å². The lowest BCUT2D eigenvalue weighted by atomic mass is 9.80. The van der Waals surface area contributed by atoms with E-state index in [0.717, 1.165) is 32.1 Å². The molecule has 0 bridgehead atoms. The van der Waals surface area contributed by atoms with E-state index in [2.05, 4.69) is 9.68 Å². The van der Waals surface area contributed by atoms with Gasteiger partial charge in [-0.15, -0.1) is 0 Å². The van der Waals surface area contributed by atoms with Gasteiger partial charge >= 0.3 is 5.76 Å². The number of rotatable bonds is 9. The quantitative estimate of drug-likeness (QED) is 0.483. The zero-order valence-corrected chi connectivity index (χ0v) is 15.2. The highest BCUT2D eigenvalue weighted by molar-refractivity contribution is 6.09. The van der Waals surface area contributed by atoms with Crippen LogP contribution >= 0.6 is 0 Å². The average Bonchev–Trinajstić information content (AvgIpc) is 2.98. The van der Waals surface area contributed by atoms with Gasteiger partial charge in [0.1, 0.15) is 11.7 Å². The highest BCUT2D eigenvalue weighted by atomic mass is 16.5. The Labute approximate surface area is 147 Å². The second-order valence-corrected chi connectivity index (χ2v) is 6.84. The maximum atomic E-state index is 12.9. The van der Waals surface area contributed by atoms with Gasteiger partial charge in [-0.05, 0) is 26.9 Å². The smallest absolute Gasteiger partial charge is 0.383 e. The van der Waals surface area contributed by atoms with Crippen LogP contribution in [0.3, 0.4) is 0 Å². The van der Waals surface area contributed by atoms with Crippen LogP contribution < -0.4 is 5.76 Å². The molecule has 1 atom stereocenters. The molecule has 1 aromatic heterocycles. The number of ether oxygens (including phenoxy) is 1. The molecule has 0 radical (unpaired) electrons. The fourth-order valence-corrected chi connectivity index (χ4v) is 3.22. The molecule has 0 saturated heterocycles. The van der Waals surface area contributed by atoms with Crippen molar-refractivity contribution in [2.24, 2.45) is 11.8 Å². The maximum absolute atomic E-state index is 12.9. The number of Topliss-reactive ketones (excluding diaryl/α,β-unsaturated/α-hetero) is 2. The van der Waals surface area contributed by atoms with Crippen molar-refractivity contribution in [3.8, 4) is 0 Å². The largest absolute Gasteiger partial charge is 0.441 e. The molecule has 8 nitrogen and oxygen atoms in total. The molecule has 25 heavy (non-hydrogen) atoms. The number of aromatic nitrogens is 2. The fraction of sp³-hybridized carbons (Fsp3) is 0.765. The standard InChI is InChI=1S/C17H27N3O5/c1-19(2)9-10-20-16(18-25-17(20)23)15(22)13(11-24-3)14(21)12-7-5-4-6-8-12/h12-13H,4-11H2,1-3H3/t13-/m1/s1. The molecule has 0 aromatic carbocycles. The third-order valence-electron chi connectivity index (χ3n) is 4.68. The number of nitrogens with zero attached hydrogens (tertiary/aromatic N) is 3. The van der Waals surface area contributed by atoms with Crippen molar-refractivity contribution in [3.63, 3.8) is 0 Å². The average molecular weight is 353 g/mol. The van der Waals surface area contributed by atoms with Gasteiger partial charge in [-0.2, -0.15) is 0 Å². The number of hydrogen-bond donors (Lipinski definition) is 0. The molecular weight excluding hydrogens is 326 g/mol. The number of hydrogen-bond acceptors (Lipinski definition) is 7. The molecule has 1 aromatic rings. The summed E-state index contributed by atoms with van der Waals surface area (Å²) >= 11 is 0. The van der Waals surface area contributed by atoms with Gasteiger partial charge in [0, 0.05) is 26.1 Å². The third kappa shape index (κ3) is 4.85. The van der Waals surface area contributed by atoms with Crippen molar-refractivity contribution in [3.05, 3.63) is 16.4 Å². The number of likely N-dealkylation sites (N-methyl/N-ethyl adjacent to an activating group) is 1. The van der Waals surface area contributed by atoms with Crippen molar-refractivity contribution >= 4 is 11.6 Å². The minimum absolute atomic E-state index is 0.0110. The van der Waals surface area contributed by atoms with Crippen molar-refractivity contribution in [2.45, 2.75) is 38.6 Å².